The van der Waals surface area contributed by atoms with Crippen molar-refractivity contribution in [1.29, 1.82) is 0 Å². The number of amides is 1. The third-order valence-electron chi connectivity index (χ3n) is 5.60. The summed E-state index contributed by atoms with van der Waals surface area (Å²) in [6.45, 7) is 1.62. The lowest BCUT2D eigenvalue weighted by Crippen LogP contribution is -2.31. The fourth-order valence-electron chi connectivity index (χ4n) is 4.08. The van der Waals surface area contributed by atoms with Crippen LogP contribution in [-0.4, -0.2) is 41.0 Å². The van der Waals surface area contributed by atoms with Crippen molar-refractivity contribution in [3.05, 3.63) is 53.3 Å². The maximum atomic E-state index is 11.0. The van der Waals surface area contributed by atoms with Crippen LogP contribution in [0.15, 0.2) is 42.7 Å². The van der Waals surface area contributed by atoms with E-state index in [0.717, 1.165) is 54.3 Å². The second kappa shape index (κ2) is 7.24. The second-order valence-electron chi connectivity index (χ2n) is 7.18. The van der Waals surface area contributed by atoms with E-state index in [9.17, 15) is 4.79 Å². The molecular formula is C21H23ClN4O. The van der Waals surface area contributed by atoms with E-state index in [1.54, 1.807) is 0 Å². The third kappa shape index (κ3) is 3.28. The van der Waals surface area contributed by atoms with Crippen LogP contribution in [0.1, 0.15) is 24.3 Å². The lowest BCUT2D eigenvalue weighted by atomic mass is 9.89. The van der Waals surface area contributed by atoms with Crippen LogP contribution in [0.4, 0.5) is 11.5 Å². The van der Waals surface area contributed by atoms with Gasteiger partial charge in [0.2, 0.25) is 6.41 Å². The van der Waals surface area contributed by atoms with Crippen LogP contribution in [0.2, 0.25) is 5.02 Å². The first kappa shape index (κ1) is 17.9. The molecule has 2 aromatic heterocycles. The Kier molecular flexibility index (Phi) is 4.79. The number of aromatic nitrogens is 2. The molecule has 0 spiro atoms. The maximum absolute atomic E-state index is 11.0. The number of rotatable bonds is 4. The van der Waals surface area contributed by atoms with E-state index in [2.05, 4.69) is 40.7 Å². The van der Waals surface area contributed by atoms with Crippen molar-refractivity contribution in [3.8, 4) is 0 Å². The van der Waals surface area contributed by atoms with E-state index < -0.39 is 0 Å². The van der Waals surface area contributed by atoms with Crippen LogP contribution in [-0.2, 0) is 11.8 Å². The number of hydrogen-bond acceptors (Lipinski definition) is 3. The molecule has 0 radical (unpaired) electrons. The van der Waals surface area contributed by atoms with Crippen molar-refractivity contribution in [2.75, 3.05) is 25.0 Å². The SMILES string of the molecule is CN(c1cccc(Cl)c1)c1cc2cncc(C3CCN(C=O)CC3)c2n1C. The molecule has 5 nitrogen and oxygen atoms in total. The average molecular weight is 383 g/mol. The number of likely N-dealkylation sites (tertiary alicyclic amines) is 1. The predicted molar refractivity (Wildman–Crippen MR) is 110 cm³/mol. The Bertz CT molecular complexity index is 975. The van der Waals surface area contributed by atoms with E-state index in [4.69, 9.17) is 11.6 Å². The van der Waals surface area contributed by atoms with Crippen molar-refractivity contribution >= 4 is 40.4 Å². The number of nitrogens with zero attached hydrogens (tertiary/aromatic N) is 4. The molecule has 0 N–H and O–H groups in total. The van der Waals surface area contributed by atoms with Gasteiger partial charge in [-0.1, -0.05) is 17.7 Å². The van der Waals surface area contributed by atoms with Gasteiger partial charge in [0.25, 0.3) is 0 Å². The molecule has 0 aliphatic carbocycles. The molecule has 0 atom stereocenters. The number of aryl methyl sites for hydroxylation is 1. The maximum Gasteiger partial charge on any atom is 0.209 e. The highest BCUT2D eigenvalue weighted by Gasteiger charge is 2.24. The quantitative estimate of drug-likeness (QED) is 0.630. The molecule has 0 saturated carbocycles. The Morgan fingerprint density at radius 1 is 1.22 bits per heavy atom. The number of carbonyl (C=O) groups is 1. The number of hydrogen-bond donors (Lipinski definition) is 0. The van der Waals surface area contributed by atoms with Crippen molar-refractivity contribution in [1.82, 2.24) is 14.5 Å². The number of fused-ring (bicyclic) bond motifs is 1. The largest absolute Gasteiger partial charge is 0.345 e. The lowest BCUT2D eigenvalue weighted by molar-refractivity contribution is -0.119. The van der Waals surface area contributed by atoms with Crippen molar-refractivity contribution < 1.29 is 4.79 Å². The normalized spacial score (nSPS) is 15.3. The lowest BCUT2D eigenvalue weighted by Gasteiger charge is -2.29. The predicted octanol–water partition coefficient (Wildman–Crippen LogP) is 4.33. The summed E-state index contributed by atoms with van der Waals surface area (Å²) < 4.78 is 2.24. The van der Waals surface area contributed by atoms with Gasteiger partial charge < -0.3 is 14.4 Å². The van der Waals surface area contributed by atoms with E-state index in [1.165, 1.54) is 11.1 Å². The molecule has 4 rings (SSSR count). The van der Waals surface area contributed by atoms with Crippen LogP contribution in [0, 0.1) is 0 Å². The molecule has 3 heterocycles. The van der Waals surface area contributed by atoms with Crippen molar-refractivity contribution in [2.24, 2.45) is 7.05 Å². The topological polar surface area (TPSA) is 41.4 Å². The Morgan fingerprint density at radius 3 is 2.70 bits per heavy atom. The molecule has 6 heteroatoms. The first-order valence-electron chi connectivity index (χ1n) is 9.20. The summed E-state index contributed by atoms with van der Waals surface area (Å²) in [4.78, 5) is 19.5. The average Bonchev–Trinajstić information content (AvgIpc) is 3.04. The molecule has 1 amide bonds. The molecule has 1 aliphatic heterocycles. The molecule has 0 unspecified atom stereocenters. The van der Waals surface area contributed by atoms with Crippen LogP contribution in [0.5, 0.6) is 0 Å². The monoisotopic (exact) mass is 382 g/mol. The van der Waals surface area contributed by atoms with Gasteiger partial charge >= 0.3 is 0 Å². The van der Waals surface area contributed by atoms with Crippen LogP contribution < -0.4 is 4.90 Å². The molecule has 27 heavy (non-hydrogen) atoms. The summed E-state index contributed by atoms with van der Waals surface area (Å²) in [5.74, 6) is 1.52. The molecule has 1 aliphatic rings. The molecule has 1 fully saturated rings. The Labute approximate surface area is 164 Å². The number of pyridine rings is 1. The Morgan fingerprint density at radius 2 is 2.00 bits per heavy atom. The highest BCUT2D eigenvalue weighted by Crippen LogP contribution is 2.36. The molecular weight excluding hydrogens is 360 g/mol. The molecule has 3 aromatic rings. The fraction of sp³-hybridized carbons (Fsp3) is 0.333. The van der Waals surface area contributed by atoms with Crippen LogP contribution >= 0.6 is 11.6 Å². The van der Waals surface area contributed by atoms with Gasteiger partial charge in [-0.3, -0.25) is 9.78 Å². The Hall–Kier alpha value is -2.53. The van der Waals surface area contributed by atoms with Gasteiger partial charge in [-0.05, 0) is 48.6 Å². The van der Waals surface area contributed by atoms with Gasteiger partial charge in [0, 0.05) is 55.7 Å². The molecule has 140 valence electrons. The highest BCUT2D eigenvalue weighted by molar-refractivity contribution is 6.30. The van der Waals surface area contributed by atoms with Gasteiger partial charge in [-0.15, -0.1) is 0 Å². The third-order valence-corrected chi connectivity index (χ3v) is 5.83. The van der Waals surface area contributed by atoms with Gasteiger partial charge in [-0.25, -0.2) is 0 Å². The number of anilines is 2. The summed E-state index contributed by atoms with van der Waals surface area (Å²) in [7, 11) is 4.15. The molecule has 1 saturated heterocycles. The van der Waals surface area contributed by atoms with Crippen molar-refractivity contribution in [3.63, 3.8) is 0 Å². The minimum atomic E-state index is 0.426. The van der Waals surface area contributed by atoms with Crippen LogP contribution in [0.25, 0.3) is 10.9 Å². The zero-order chi connectivity index (χ0) is 19.0. The number of halogens is 1. The summed E-state index contributed by atoms with van der Waals surface area (Å²) in [6.07, 6.45) is 6.82. The first-order valence-corrected chi connectivity index (χ1v) is 9.58. The van der Waals surface area contributed by atoms with E-state index in [0.29, 0.717) is 5.92 Å². The zero-order valence-corrected chi connectivity index (χ0v) is 16.4. The molecule has 1 aromatic carbocycles. The highest BCUT2D eigenvalue weighted by atomic mass is 35.5. The van der Waals surface area contributed by atoms with E-state index in [-0.39, 0.29) is 0 Å². The van der Waals surface area contributed by atoms with E-state index in [1.807, 2.05) is 35.5 Å². The second-order valence-corrected chi connectivity index (χ2v) is 7.62. The van der Waals surface area contributed by atoms with Crippen molar-refractivity contribution in [2.45, 2.75) is 18.8 Å². The van der Waals surface area contributed by atoms with Gasteiger partial charge in [0.1, 0.15) is 5.82 Å². The fourth-order valence-corrected chi connectivity index (χ4v) is 4.27. The standard InChI is InChI=1S/C21H23ClN4O/c1-24(18-5-3-4-17(22)11-18)20-10-16-12-23-13-19(21(16)25(20)2)15-6-8-26(14-27)9-7-15/h3-5,10-15H,6-9H2,1-2H3. The van der Waals surface area contributed by atoms with Gasteiger partial charge in [0.05, 0.1) is 5.52 Å². The number of piperidine rings is 1. The van der Waals surface area contributed by atoms with Gasteiger partial charge in [0.15, 0.2) is 0 Å². The number of carbonyl (C=O) groups excluding carboxylic acids is 1. The zero-order valence-electron chi connectivity index (χ0n) is 15.6. The van der Waals surface area contributed by atoms with Crippen LogP contribution in [0.3, 0.4) is 0 Å². The summed E-state index contributed by atoms with van der Waals surface area (Å²) in [5.41, 5.74) is 3.53. The molecule has 0 bridgehead atoms. The smallest absolute Gasteiger partial charge is 0.209 e. The van der Waals surface area contributed by atoms with Gasteiger partial charge in [-0.2, -0.15) is 0 Å². The van der Waals surface area contributed by atoms with E-state index >= 15 is 0 Å². The minimum absolute atomic E-state index is 0.426. The minimum Gasteiger partial charge on any atom is -0.345 e. The Balaban J connectivity index is 1.73. The number of benzene rings is 1. The summed E-state index contributed by atoms with van der Waals surface area (Å²) in [6, 6.07) is 10.0. The summed E-state index contributed by atoms with van der Waals surface area (Å²) in [5, 5.41) is 1.86. The first-order chi connectivity index (χ1) is 13.1. The summed E-state index contributed by atoms with van der Waals surface area (Å²) >= 11 is 6.17.